The maximum Gasteiger partial charge on any atom is 0.259 e. The average molecular weight is 330 g/mol. The molecule has 0 radical (unpaired) electrons. The van der Waals surface area contributed by atoms with Crippen LogP contribution >= 0.6 is 27.5 Å². The van der Waals surface area contributed by atoms with Crippen LogP contribution in [0.4, 0.5) is 5.69 Å². The Morgan fingerprint density at radius 2 is 2.17 bits per heavy atom. The number of carbonyl (C=O) groups excluding carboxylic acids is 1. The summed E-state index contributed by atoms with van der Waals surface area (Å²) in [5, 5.41) is 2.94. The van der Waals surface area contributed by atoms with E-state index in [0.717, 1.165) is 4.47 Å². The molecule has 2 aromatic heterocycles. The Morgan fingerprint density at radius 1 is 1.44 bits per heavy atom. The van der Waals surface area contributed by atoms with Gasteiger partial charge in [0.15, 0.2) is 5.15 Å². The van der Waals surface area contributed by atoms with E-state index in [1.54, 1.807) is 32.2 Å². The van der Waals surface area contributed by atoms with E-state index in [9.17, 15) is 4.79 Å². The van der Waals surface area contributed by atoms with Gasteiger partial charge in [0.25, 0.3) is 5.91 Å². The molecule has 0 spiro atoms. The van der Waals surface area contributed by atoms with E-state index in [2.05, 4.69) is 26.2 Å². The predicted molar refractivity (Wildman–Crippen MR) is 73.1 cm³/mol. The van der Waals surface area contributed by atoms with Crippen LogP contribution in [0.3, 0.4) is 0 Å². The Hall–Kier alpha value is -1.33. The zero-order valence-corrected chi connectivity index (χ0v) is 12.1. The number of pyridine rings is 1. The van der Waals surface area contributed by atoms with Crippen molar-refractivity contribution in [1.29, 1.82) is 0 Å². The van der Waals surface area contributed by atoms with E-state index in [0.29, 0.717) is 22.8 Å². The van der Waals surface area contributed by atoms with Gasteiger partial charge in [0, 0.05) is 10.7 Å². The summed E-state index contributed by atoms with van der Waals surface area (Å²) >= 11 is 9.17. The highest BCUT2D eigenvalue weighted by atomic mass is 79.9. The van der Waals surface area contributed by atoms with Gasteiger partial charge in [-0.25, -0.2) is 4.98 Å². The number of nitrogens with one attached hydrogen (secondary N) is 1. The molecule has 0 fully saturated rings. The molecule has 0 bridgehead atoms. The van der Waals surface area contributed by atoms with Crippen LogP contribution in [0.15, 0.2) is 27.2 Å². The van der Waals surface area contributed by atoms with Gasteiger partial charge in [-0.05, 0) is 41.9 Å². The van der Waals surface area contributed by atoms with E-state index in [1.165, 1.54) is 0 Å². The first-order valence-electron chi connectivity index (χ1n) is 5.17. The lowest BCUT2D eigenvalue weighted by Crippen LogP contribution is -2.12. The topological polar surface area (TPSA) is 55.1 Å². The van der Waals surface area contributed by atoms with Crippen LogP contribution < -0.4 is 5.32 Å². The third-order valence-corrected chi connectivity index (χ3v) is 3.07. The highest BCUT2D eigenvalue weighted by Gasteiger charge is 2.15. The maximum absolute atomic E-state index is 12.0. The number of furan rings is 1. The van der Waals surface area contributed by atoms with Crippen molar-refractivity contribution in [1.82, 2.24) is 4.98 Å². The number of aryl methyl sites for hydroxylation is 2. The van der Waals surface area contributed by atoms with Crippen molar-refractivity contribution in [2.45, 2.75) is 13.8 Å². The molecule has 0 atom stereocenters. The summed E-state index contributed by atoms with van der Waals surface area (Å²) in [6.07, 6.45) is 1.56. The first-order chi connectivity index (χ1) is 8.47. The summed E-state index contributed by atoms with van der Waals surface area (Å²) in [5.74, 6) is 0.992. The lowest BCUT2D eigenvalue weighted by atomic mass is 10.2. The summed E-state index contributed by atoms with van der Waals surface area (Å²) in [4.78, 5) is 16.0. The first kappa shape index (κ1) is 13.1. The van der Waals surface area contributed by atoms with Crippen LogP contribution in [0.5, 0.6) is 0 Å². The van der Waals surface area contributed by atoms with Gasteiger partial charge in [-0.2, -0.15) is 0 Å². The molecule has 6 heteroatoms. The molecule has 0 aliphatic heterocycles. The Morgan fingerprint density at radius 3 is 2.78 bits per heavy atom. The largest absolute Gasteiger partial charge is 0.466 e. The number of hydrogen-bond acceptors (Lipinski definition) is 3. The van der Waals surface area contributed by atoms with Gasteiger partial charge >= 0.3 is 0 Å². The van der Waals surface area contributed by atoms with E-state index < -0.39 is 0 Å². The molecule has 18 heavy (non-hydrogen) atoms. The van der Waals surface area contributed by atoms with Crippen molar-refractivity contribution in [2.75, 3.05) is 5.32 Å². The quantitative estimate of drug-likeness (QED) is 0.849. The minimum Gasteiger partial charge on any atom is -0.466 e. The average Bonchev–Trinajstić information content (AvgIpc) is 2.63. The van der Waals surface area contributed by atoms with Gasteiger partial charge in [0.05, 0.1) is 11.3 Å². The molecule has 2 aromatic rings. The summed E-state index contributed by atoms with van der Waals surface area (Å²) in [7, 11) is 0. The van der Waals surface area contributed by atoms with Gasteiger partial charge in [0.1, 0.15) is 11.5 Å². The molecule has 0 saturated carbocycles. The normalized spacial score (nSPS) is 10.4. The number of rotatable bonds is 2. The minimum atomic E-state index is -0.272. The zero-order chi connectivity index (χ0) is 13.3. The summed E-state index contributed by atoms with van der Waals surface area (Å²) in [6, 6.07) is 3.37. The SMILES string of the molecule is Cc1cc(C(=O)Nc2cc(Br)cnc2Cl)c(C)o1. The third kappa shape index (κ3) is 2.73. The second-order valence-electron chi connectivity index (χ2n) is 3.77. The van der Waals surface area contributed by atoms with Crippen molar-refractivity contribution >= 4 is 39.1 Å². The summed E-state index contributed by atoms with van der Waals surface area (Å²) in [6.45, 7) is 3.53. The molecule has 1 amide bonds. The van der Waals surface area contributed by atoms with Gasteiger partial charge in [-0.1, -0.05) is 11.6 Å². The molecule has 2 rings (SSSR count). The molecule has 2 heterocycles. The second-order valence-corrected chi connectivity index (χ2v) is 5.05. The minimum absolute atomic E-state index is 0.240. The summed E-state index contributed by atoms with van der Waals surface area (Å²) < 4.78 is 6.05. The lowest BCUT2D eigenvalue weighted by Gasteiger charge is -2.06. The fraction of sp³-hybridized carbons (Fsp3) is 0.167. The number of amides is 1. The molecule has 0 unspecified atom stereocenters. The molecule has 0 saturated heterocycles. The molecule has 0 aliphatic carbocycles. The van der Waals surface area contributed by atoms with Crippen LogP contribution in [0.25, 0.3) is 0 Å². The van der Waals surface area contributed by atoms with Crippen molar-refractivity contribution in [3.63, 3.8) is 0 Å². The molecule has 4 nitrogen and oxygen atoms in total. The standard InChI is InChI=1S/C12H10BrClN2O2/c1-6-3-9(7(2)18-6)12(17)16-10-4-8(13)5-15-11(10)14/h3-5H,1-2H3,(H,16,17). The van der Waals surface area contributed by atoms with E-state index >= 15 is 0 Å². The van der Waals surface area contributed by atoms with Crippen LogP contribution in [0.1, 0.15) is 21.9 Å². The Bertz CT molecular complexity index is 610. The third-order valence-electron chi connectivity index (χ3n) is 2.34. The predicted octanol–water partition coefficient (Wildman–Crippen LogP) is 3.96. The second kappa shape index (κ2) is 5.12. The first-order valence-corrected chi connectivity index (χ1v) is 6.34. The number of carbonyl (C=O) groups is 1. The van der Waals surface area contributed by atoms with Gasteiger partial charge in [0.2, 0.25) is 0 Å². The monoisotopic (exact) mass is 328 g/mol. The highest BCUT2D eigenvalue weighted by Crippen LogP contribution is 2.24. The van der Waals surface area contributed by atoms with E-state index in [1.807, 2.05) is 0 Å². The molecular formula is C12H10BrClN2O2. The molecule has 0 aliphatic rings. The van der Waals surface area contributed by atoms with Crippen molar-refractivity contribution < 1.29 is 9.21 Å². The molecule has 94 valence electrons. The van der Waals surface area contributed by atoms with Crippen LogP contribution in [-0.2, 0) is 0 Å². The van der Waals surface area contributed by atoms with Crippen LogP contribution in [0, 0.1) is 13.8 Å². The zero-order valence-electron chi connectivity index (χ0n) is 9.75. The molecule has 1 N–H and O–H groups in total. The highest BCUT2D eigenvalue weighted by molar-refractivity contribution is 9.10. The van der Waals surface area contributed by atoms with Crippen molar-refractivity contribution in [3.8, 4) is 0 Å². The molecular weight excluding hydrogens is 320 g/mol. The Balaban J connectivity index is 2.26. The summed E-state index contributed by atoms with van der Waals surface area (Å²) in [5.41, 5.74) is 0.942. The maximum atomic E-state index is 12.0. The smallest absolute Gasteiger partial charge is 0.259 e. The number of halogens is 2. The number of aromatic nitrogens is 1. The number of anilines is 1. The van der Waals surface area contributed by atoms with Gasteiger partial charge in [-0.3, -0.25) is 4.79 Å². The van der Waals surface area contributed by atoms with E-state index in [4.69, 9.17) is 16.0 Å². The Labute approximate surface area is 117 Å². The van der Waals surface area contributed by atoms with Crippen LogP contribution in [-0.4, -0.2) is 10.9 Å². The fourth-order valence-electron chi connectivity index (χ4n) is 1.56. The number of nitrogens with zero attached hydrogens (tertiary/aromatic N) is 1. The van der Waals surface area contributed by atoms with Gasteiger partial charge < -0.3 is 9.73 Å². The number of hydrogen-bond donors (Lipinski definition) is 1. The molecule has 0 aromatic carbocycles. The fourth-order valence-corrected chi connectivity index (χ4v) is 2.04. The van der Waals surface area contributed by atoms with Crippen molar-refractivity contribution in [2.24, 2.45) is 0 Å². The van der Waals surface area contributed by atoms with Crippen molar-refractivity contribution in [3.05, 3.63) is 45.0 Å². The van der Waals surface area contributed by atoms with Gasteiger partial charge in [-0.15, -0.1) is 0 Å². The van der Waals surface area contributed by atoms with E-state index in [-0.39, 0.29) is 11.1 Å². The lowest BCUT2D eigenvalue weighted by molar-refractivity contribution is 0.102. The Kier molecular flexibility index (Phi) is 3.73. The van der Waals surface area contributed by atoms with Crippen LogP contribution in [0.2, 0.25) is 5.15 Å².